The van der Waals surface area contributed by atoms with Crippen molar-refractivity contribution < 1.29 is 9.21 Å². The van der Waals surface area contributed by atoms with Crippen LogP contribution in [-0.2, 0) is 4.79 Å². The highest BCUT2D eigenvalue weighted by Crippen LogP contribution is 2.26. The Morgan fingerprint density at radius 2 is 1.76 bits per heavy atom. The molecule has 0 aliphatic carbocycles. The molecule has 1 atom stereocenters. The molecule has 1 aliphatic rings. The average Bonchev–Trinajstić information content (AvgIpc) is 3.25. The monoisotopic (exact) mass is 390 g/mol. The number of hydrogen-bond acceptors (Lipinski definition) is 5. The number of carbonyl (C=O) groups excluding carboxylic acids is 1. The molecule has 3 aromatic rings. The number of nitrogens with zero attached hydrogens (tertiary/aromatic N) is 3. The van der Waals surface area contributed by atoms with Gasteiger partial charge in [-0.2, -0.15) is 0 Å². The molecule has 6 nitrogen and oxygen atoms in total. The highest BCUT2D eigenvalue weighted by atomic mass is 16.4. The summed E-state index contributed by atoms with van der Waals surface area (Å²) in [7, 11) is 0. The van der Waals surface area contributed by atoms with E-state index in [0.29, 0.717) is 11.9 Å². The van der Waals surface area contributed by atoms with Crippen LogP contribution < -0.4 is 10.2 Å². The van der Waals surface area contributed by atoms with E-state index in [-0.39, 0.29) is 17.9 Å². The van der Waals surface area contributed by atoms with E-state index >= 15 is 0 Å². The fourth-order valence-electron chi connectivity index (χ4n) is 3.65. The van der Waals surface area contributed by atoms with E-state index in [1.165, 1.54) is 5.56 Å². The zero-order valence-corrected chi connectivity index (χ0v) is 16.8. The minimum atomic E-state index is 0.00902. The number of piperidine rings is 1. The fraction of sp³-hybridized carbons (Fsp3) is 0.348. The lowest BCUT2D eigenvalue weighted by Gasteiger charge is -2.30. The number of nitrogens with one attached hydrogen (secondary N) is 1. The largest absolute Gasteiger partial charge is 0.403 e. The molecule has 4 rings (SSSR count). The number of anilines is 1. The molecular formula is C23H26N4O2. The third-order valence-electron chi connectivity index (χ3n) is 5.51. The molecule has 1 N–H and O–H groups in total. The molecule has 1 fully saturated rings. The molecule has 0 saturated carbocycles. The maximum Gasteiger partial charge on any atom is 0.318 e. The predicted octanol–water partition coefficient (Wildman–Crippen LogP) is 4.14. The molecule has 1 unspecified atom stereocenters. The van der Waals surface area contributed by atoms with Gasteiger partial charge in [0.25, 0.3) is 0 Å². The zero-order chi connectivity index (χ0) is 20.2. The number of hydrogen-bond donors (Lipinski definition) is 1. The quantitative estimate of drug-likeness (QED) is 0.709. The van der Waals surface area contributed by atoms with Gasteiger partial charge in [-0.3, -0.25) is 4.79 Å². The maximum absolute atomic E-state index is 12.7. The molecule has 29 heavy (non-hydrogen) atoms. The molecule has 1 aliphatic heterocycles. The predicted molar refractivity (Wildman–Crippen MR) is 112 cm³/mol. The van der Waals surface area contributed by atoms with Gasteiger partial charge in [-0.05, 0) is 44.4 Å². The summed E-state index contributed by atoms with van der Waals surface area (Å²) >= 11 is 0. The summed E-state index contributed by atoms with van der Waals surface area (Å²) in [5.41, 5.74) is 3.22. The van der Waals surface area contributed by atoms with Crippen LogP contribution in [0.4, 0.5) is 6.01 Å². The van der Waals surface area contributed by atoms with Crippen LogP contribution in [0.2, 0.25) is 0 Å². The third kappa shape index (κ3) is 4.47. The summed E-state index contributed by atoms with van der Waals surface area (Å²) in [5.74, 6) is 0.653. The van der Waals surface area contributed by atoms with E-state index in [2.05, 4.69) is 20.4 Å². The van der Waals surface area contributed by atoms with Crippen molar-refractivity contribution >= 4 is 11.9 Å². The van der Waals surface area contributed by atoms with Crippen molar-refractivity contribution in [2.24, 2.45) is 5.92 Å². The maximum atomic E-state index is 12.7. The van der Waals surface area contributed by atoms with Gasteiger partial charge < -0.3 is 14.6 Å². The van der Waals surface area contributed by atoms with E-state index in [1.54, 1.807) is 0 Å². The van der Waals surface area contributed by atoms with Crippen LogP contribution >= 0.6 is 0 Å². The Hall–Kier alpha value is -3.15. The van der Waals surface area contributed by atoms with E-state index in [1.807, 2.05) is 68.4 Å². The van der Waals surface area contributed by atoms with Gasteiger partial charge in [0.1, 0.15) is 0 Å². The van der Waals surface area contributed by atoms with Crippen LogP contribution in [0.1, 0.15) is 36.9 Å². The molecule has 0 radical (unpaired) electrons. The van der Waals surface area contributed by atoms with Crippen LogP contribution in [0.3, 0.4) is 0 Å². The lowest BCUT2D eigenvalue weighted by molar-refractivity contribution is -0.126. The first-order valence-electron chi connectivity index (χ1n) is 10.1. The number of benzene rings is 2. The zero-order valence-electron chi connectivity index (χ0n) is 16.8. The molecule has 1 aromatic heterocycles. The average molecular weight is 390 g/mol. The first-order valence-corrected chi connectivity index (χ1v) is 10.1. The minimum Gasteiger partial charge on any atom is -0.403 e. The Morgan fingerprint density at radius 3 is 2.45 bits per heavy atom. The molecule has 150 valence electrons. The molecule has 0 spiro atoms. The number of aromatic nitrogens is 2. The van der Waals surface area contributed by atoms with Crippen LogP contribution in [0.15, 0.2) is 59.0 Å². The summed E-state index contributed by atoms with van der Waals surface area (Å²) in [5, 5.41) is 11.5. The first-order chi connectivity index (χ1) is 14.1. The Morgan fingerprint density at radius 1 is 1.07 bits per heavy atom. The van der Waals surface area contributed by atoms with Gasteiger partial charge in [0.05, 0.1) is 6.04 Å². The van der Waals surface area contributed by atoms with Crippen molar-refractivity contribution in [2.75, 3.05) is 18.0 Å². The normalized spacial score (nSPS) is 15.9. The van der Waals surface area contributed by atoms with E-state index in [0.717, 1.165) is 37.1 Å². The van der Waals surface area contributed by atoms with Gasteiger partial charge in [0.15, 0.2) is 0 Å². The van der Waals surface area contributed by atoms with Crippen molar-refractivity contribution in [1.82, 2.24) is 15.5 Å². The molecule has 2 aromatic carbocycles. The van der Waals surface area contributed by atoms with Gasteiger partial charge in [0, 0.05) is 24.6 Å². The first kappa shape index (κ1) is 19.2. The summed E-state index contributed by atoms with van der Waals surface area (Å²) in [6.07, 6.45) is 1.55. The van der Waals surface area contributed by atoms with Crippen molar-refractivity contribution in [1.29, 1.82) is 0 Å². The van der Waals surface area contributed by atoms with E-state index in [9.17, 15) is 4.79 Å². The molecule has 6 heteroatoms. The summed E-state index contributed by atoms with van der Waals surface area (Å²) in [4.78, 5) is 14.7. The van der Waals surface area contributed by atoms with E-state index in [4.69, 9.17) is 4.42 Å². The summed E-state index contributed by atoms with van der Waals surface area (Å²) in [6.45, 7) is 5.53. The van der Waals surface area contributed by atoms with Crippen molar-refractivity contribution in [3.05, 3.63) is 65.7 Å². The molecular weight excluding hydrogens is 364 g/mol. The molecule has 0 bridgehead atoms. The Bertz CT molecular complexity index is 945. The Labute approximate surface area is 170 Å². The SMILES string of the molecule is Cc1ccc(-c2nnc(N3CCC(C(=O)NC(C)c4ccccc4)CC3)o2)cc1. The van der Waals surface area contributed by atoms with Gasteiger partial charge in [-0.15, -0.1) is 5.10 Å². The lowest BCUT2D eigenvalue weighted by atomic mass is 9.95. The van der Waals surface area contributed by atoms with Crippen molar-refractivity contribution in [3.8, 4) is 11.5 Å². The van der Waals surface area contributed by atoms with Crippen LogP contribution in [0.25, 0.3) is 11.5 Å². The van der Waals surface area contributed by atoms with E-state index < -0.39 is 0 Å². The molecule has 1 amide bonds. The molecule has 1 saturated heterocycles. The van der Waals surface area contributed by atoms with Gasteiger partial charge in [-0.1, -0.05) is 53.1 Å². The minimum absolute atomic E-state index is 0.00902. The van der Waals surface area contributed by atoms with Gasteiger partial charge in [0.2, 0.25) is 11.8 Å². The summed E-state index contributed by atoms with van der Waals surface area (Å²) in [6, 6.07) is 18.6. The van der Waals surface area contributed by atoms with Crippen molar-refractivity contribution in [3.63, 3.8) is 0 Å². The second kappa shape index (κ2) is 8.47. The van der Waals surface area contributed by atoms with Crippen LogP contribution in [-0.4, -0.2) is 29.2 Å². The standard InChI is InChI=1S/C23H26N4O2/c1-16-8-10-20(11-9-16)22-25-26-23(29-22)27-14-12-19(13-15-27)21(28)24-17(2)18-6-4-3-5-7-18/h3-11,17,19H,12-15H2,1-2H3,(H,24,28). The van der Waals surface area contributed by atoms with Gasteiger partial charge in [-0.25, -0.2) is 0 Å². The highest BCUT2D eigenvalue weighted by molar-refractivity contribution is 5.79. The van der Waals surface area contributed by atoms with Crippen molar-refractivity contribution in [2.45, 2.75) is 32.7 Å². The van der Waals surface area contributed by atoms with Crippen LogP contribution in [0, 0.1) is 12.8 Å². The number of amides is 1. The topological polar surface area (TPSA) is 71.3 Å². The second-order valence-electron chi connectivity index (χ2n) is 7.66. The number of carbonyl (C=O) groups is 1. The lowest BCUT2D eigenvalue weighted by Crippen LogP contribution is -2.41. The Kier molecular flexibility index (Phi) is 5.60. The fourth-order valence-corrected chi connectivity index (χ4v) is 3.65. The highest BCUT2D eigenvalue weighted by Gasteiger charge is 2.28. The number of rotatable bonds is 5. The number of aryl methyl sites for hydroxylation is 1. The smallest absolute Gasteiger partial charge is 0.318 e. The van der Waals surface area contributed by atoms with Gasteiger partial charge >= 0.3 is 6.01 Å². The van der Waals surface area contributed by atoms with Crippen LogP contribution in [0.5, 0.6) is 0 Å². The summed E-state index contributed by atoms with van der Waals surface area (Å²) < 4.78 is 5.87. The second-order valence-corrected chi connectivity index (χ2v) is 7.66. The molecule has 2 heterocycles. The third-order valence-corrected chi connectivity index (χ3v) is 5.51. The Balaban J connectivity index is 1.32.